The Labute approximate surface area is 299 Å². The Hall–Kier alpha value is -3.74. The maximum absolute atomic E-state index is 15.0. The third-order valence-electron chi connectivity index (χ3n) is 11.0. The molecule has 266 valence electrons. The molecule has 0 aromatic heterocycles. The molecule has 3 aromatic rings. The third kappa shape index (κ3) is 6.34. The molecule has 1 spiro atoms. The Kier molecular flexibility index (Phi) is 10.2. The highest BCUT2D eigenvalue weighted by Gasteiger charge is 2.66. The van der Waals surface area contributed by atoms with Gasteiger partial charge in [-0.25, -0.2) is 0 Å². The zero-order valence-electron chi connectivity index (χ0n) is 29.2. The molecule has 6 atom stereocenters. The molecule has 0 radical (unpaired) electrons. The molecule has 3 amide bonds. The Morgan fingerprint density at radius 3 is 2.46 bits per heavy atom. The first-order valence-electron chi connectivity index (χ1n) is 17.2. The molecule has 0 aliphatic carbocycles. The van der Waals surface area contributed by atoms with Crippen molar-refractivity contribution < 1.29 is 34.1 Å². The van der Waals surface area contributed by atoms with Crippen molar-refractivity contribution in [1.29, 1.82) is 0 Å². The molecule has 12 heteroatoms. The minimum atomic E-state index is -2.48. The summed E-state index contributed by atoms with van der Waals surface area (Å²) >= 11 is 6.63. The van der Waals surface area contributed by atoms with Crippen LogP contribution in [0.2, 0.25) is 23.7 Å². The Morgan fingerprint density at radius 1 is 1.12 bits per heavy atom. The second-order valence-electron chi connectivity index (χ2n) is 14.3. The van der Waals surface area contributed by atoms with Gasteiger partial charge in [0.1, 0.15) is 11.9 Å². The van der Waals surface area contributed by atoms with Gasteiger partial charge in [-0.3, -0.25) is 14.4 Å². The molecule has 3 N–H and O–H groups in total. The summed E-state index contributed by atoms with van der Waals surface area (Å²) in [5.74, 6) is -0.346. The van der Waals surface area contributed by atoms with E-state index in [1.165, 1.54) is 12.1 Å². The Bertz CT molecular complexity index is 1750. The monoisotopic (exact) mass is 719 g/mol. The van der Waals surface area contributed by atoms with Crippen LogP contribution in [0.4, 0.5) is 11.4 Å². The van der Waals surface area contributed by atoms with Crippen LogP contribution in [-0.2, 0) is 31.3 Å². The highest BCUT2D eigenvalue weighted by molar-refractivity contribution is 6.91. The number of amides is 3. The van der Waals surface area contributed by atoms with E-state index in [9.17, 15) is 19.8 Å². The number of rotatable bonds is 10. The zero-order chi connectivity index (χ0) is 36.0. The Morgan fingerprint density at radius 2 is 1.82 bits per heavy atom. The molecule has 3 heterocycles. The van der Waals surface area contributed by atoms with E-state index in [0.29, 0.717) is 28.5 Å². The van der Waals surface area contributed by atoms with Crippen LogP contribution < -0.4 is 20.1 Å². The lowest BCUT2D eigenvalue weighted by atomic mass is 9.82. The second kappa shape index (κ2) is 14.1. The van der Waals surface area contributed by atoms with E-state index in [0.717, 1.165) is 24.2 Å². The van der Waals surface area contributed by atoms with Crippen molar-refractivity contribution in [3.05, 3.63) is 82.9 Å². The van der Waals surface area contributed by atoms with E-state index in [4.69, 9.17) is 21.1 Å². The van der Waals surface area contributed by atoms with Gasteiger partial charge in [-0.2, -0.15) is 0 Å². The number of methoxy groups -OCH3 is 1. The number of carbonyl (C=O) groups is 3. The fourth-order valence-corrected chi connectivity index (χ4v) is 12.6. The molecule has 2 fully saturated rings. The lowest BCUT2D eigenvalue weighted by Crippen LogP contribution is -2.52. The van der Waals surface area contributed by atoms with Crippen molar-refractivity contribution in [2.45, 2.75) is 82.1 Å². The predicted octanol–water partition coefficient (Wildman–Crippen LogP) is 4.80. The summed E-state index contributed by atoms with van der Waals surface area (Å²) in [6.45, 7) is 8.78. The van der Waals surface area contributed by atoms with E-state index >= 15 is 4.79 Å². The summed E-state index contributed by atoms with van der Waals surface area (Å²) in [7, 11) is -0.842. The second-order valence-corrected chi connectivity index (χ2v) is 19.5. The number of fused-ring (bicyclic) bond motifs is 2. The lowest BCUT2D eigenvalue weighted by Gasteiger charge is -2.37. The van der Waals surface area contributed by atoms with E-state index < -0.39 is 31.8 Å². The minimum Gasteiger partial charge on any atom is -0.497 e. The quantitative estimate of drug-likeness (QED) is 0.257. The molecule has 3 aliphatic heterocycles. The molecule has 0 unspecified atom stereocenters. The van der Waals surface area contributed by atoms with Crippen LogP contribution >= 0.6 is 11.6 Å². The average Bonchev–Trinajstić information content (AvgIpc) is 3.76. The van der Waals surface area contributed by atoms with E-state index in [1.54, 1.807) is 35.1 Å². The topological polar surface area (TPSA) is 129 Å². The summed E-state index contributed by atoms with van der Waals surface area (Å²) < 4.78 is 12.6. The van der Waals surface area contributed by atoms with Gasteiger partial charge in [0, 0.05) is 28.7 Å². The molecule has 0 bridgehead atoms. The number of hydrogen-bond donors (Lipinski definition) is 3. The fourth-order valence-electron chi connectivity index (χ4n) is 8.41. The van der Waals surface area contributed by atoms with Gasteiger partial charge in [-0.05, 0) is 73.3 Å². The van der Waals surface area contributed by atoms with Gasteiger partial charge >= 0.3 is 0 Å². The molecule has 6 rings (SSSR count). The third-order valence-corrected chi connectivity index (χ3v) is 15.6. The van der Waals surface area contributed by atoms with Gasteiger partial charge in [0.2, 0.25) is 5.91 Å². The van der Waals surface area contributed by atoms with Crippen molar-refractivity contribution >= 4 is 54.0 Å². The summed E-state index contributed by atoms with van der Waals surface area (Å²) in [5, 5.41) is 23.9. The molecule has 2 saturated heterocycles. The SMILES string of the molecule is COc1ccc([Si](C)(C)[C@@H]2[C@@H](CC(=O)N3CCC[C@H]3CO)O[C@]3(C(=O)N(Cc4ccc(NC(=O)[C@H](C)O)cc4)c4ccc(Cl)cc43)[C@H]2C)cc1. The number of ether oxygens (including phenoxy) is 2. The van der Waals surface area contributed by atoms with Crippen molar-refractivity contribution in [2.75, 3.05) is 30.5 Å². The van der Waals surface area contributed by atoms with Crippen LogP contribution in [0.3, 0.4) is 0 Å². The zero-order valence-corrected chi connectivity index (χ0v) is 30.9. The van der Waals surface area contributed by atoms with Gasteiger partial charge in [-0.15, -0.1) is 0 Å². The number of nitrogens with one attached hydrogen (secondary N) is 1. The van der Waals surface area contributed by atoms with Crippen LogP contribution in [-0.4, -0.2) is 79.4 Å². The predicted molar refractivity (Wildman–Crippen MR) is 195 cm³/mol. The number of carbonyl (C=O) groups excluding carboxylic acids is 3. The number of aliphatic hydroxyl groups excluding tert-OH is 2. The van der Waals surface area contributed by atoms with Crippen LogP contribution in [0.15, 0.2) is 66.7 Å². The molecule has 3 aromatic carbocycles. The highest BCUT2D eigenvalue weighted by atomic mass is 35.5. The number of nitrogens with zero attached hydrogens (tertiary/aromatic N) is 2. The summed E-state index contributed by atoms with van der Waals surface area (Å²) in [5.41, 5.74) is 1.25. The minimum absolute atomic E-state index is 0.0725. The van der Waals surface area contributed by atoms with Gasteiger partial charge in [0.15, 0.2) is 5.60 Å². The van der Waals surface area contributed by atoms with Crippen LogP contribution in [0, 0.1) is 5.92 Å². The van der Waals surface area contributed by atoms with Crippen LogP contribution in [0.1, 0.15) is 44.2 Å². The van der Waals surface area contributed by atoms with E-state index in [-0.39, 0.29) is 48.9 Å². The number of hydrogen-bond acceptors (Lipinski definition) is 7. The largest absolute Gasteiger partial charge is 0.497 e. The van der Waals surface area contributed by atoms with E-state index in [2.05, 4.69) is 37.5 Å². The first-order chi connectivity index (χ1) is 23.8. The normalized spacial score (nSPS) is 25.2. The molecule has 50 heavy (non-hydrogen) atoms. The van der Waals surface area contributed by atoms with Crippen LogP contribution in [0.5, 0.6) is 5.75 Å². The summed E-state index contributed by atoms with van der Waals surface area (Å²) in [6.07, 6.45) is -0.00353. The van der Waals surface area contributed by atoms with Crippen molar-refractivity contribution in [1.82, 2.24) is 4.90 Å². The number of likely N-dealkylation sites (tertiary alicyclic amines) is 1. The number of benzene rings is 3. The van der Waals surface area contributed by atoms with Crippen molar-refractivity contribution in [2.24, 2.45) is 5.92 Å². The smallest absolute Gasteiger partial charge is 0.264 e. The lowest BCUT2D eigenvalue weighted by molar-refractivity contribution is -0.150. The Balaban J connectivity index is 1.38. The first-order valence-corrected chi connectivity index (χ1v) is 20.7. The number of anilines is 2. The first kappa shape index (κ1) is 36.1. The maximum Gasteiger partial charge on any atom is 0.264 e. The average molecular weight is 720 g/mol. The fraction of sp³-hybridized carbons (Fsp3) is 0.447. The van der Waals surface area contributed by atoms with Crippen molar-refractivity contribution in [3.8, 4) is 5.75 Å². The number of halogens is 1. The van der Waals surface area contributed by atoms with Crippen LogP contribution in [0.25, 0.3) is 0 Å². The molecule has 0 saturated carbocycles. The molecular weight excluding hydrogens is 674 g/mol. The van der Waals surface area contributed by atoms with Gasteiger partial charge in [-0.1, -0.05) is 61.1 Å². The standard InChI is InChI=1S/C38H46ClN3O7Si/c1-23-35(50(4,5)30-15-13-29(48-3)14-16-30)33(20-34(45)41-18-6-7-28(41)22-43)49-38(23)31-19-26(39)10-17-32(31)42(37(38)47)21-25-8-11-27(12-9-25)40-36(46)24(2)44/h8-17,19,23-24,28,33,35,43-44H,6-7,18,20-22H2,1-5H3,(H,40,46)/t23-,24-,28-,33+,35-,38+/m0/s1. The highest BCUT2D eigenvalue weighted by Crippen LogP contribution is 2.60. The molecular formula is C38H46ClN3O7Si. The van der Waals surface area contributed by atoms with E-state index in [1.807, 2.05) is 36.4 Å². The van der Waals surface area contributed by atoms with Gasteiger partial charge in [0.05, 0.1) is 52.6 Å². The van der Waals surface area contributed by atoms with Gasteiger partial charge in [0.25, 0.3) is 11.8 Å². The summed E-state index contributed by atoms with van der Waals surface area (Å²) in [6, 6.07) is 20.5. The number of aliphatic hydroxyl groups is 2. The summed E-state index contributed by atoms with van der Waals surface area (Å²) in [4.78, 5) is 44.5. The van der Waals surface area contributed by atoms with Gasteiger partial charge < -0.3 is 34.8 Å². The van der Waals surface area contributed by atoms with Crippen molar-refractivity contribution in [3.63, 3.8) is 0 Å². The molecule has 3 aliphatic rings. The maximum atomic E-state index is 15.0. The molecule has 10 nitrogen and oxygen atoms in total.